The van der Waals surface area contributed by atoms with E-state index in [1.54, 1.807) is 13.8 Å². The molecule has 0 aliphatic carbocycles. The highest BCUT2D eigenvalue weighted by Gasteiger charge is 2.36. The second kappa shape index (κ2) is 8.96. The molecule has 2 aromatic carbocycles. The molecule has 0 unspecified atom stereocenters. The van der Waals surface area contributed by atoms with Crippen LogP contribution in [0.3, 0.4) is 0 Å². The zero-order valence-electron chi connectivity index (χ0n) is 19.5. The number of hydrogen-bond donors (Lipinski definition) is 1. The van der Waals surface area contributed by atoms with Crippen molar-refractivity contribution in [3.63, 3.8) is 0 Å². The largest absolute Gasteiger partial charge is 0.481 e. The van der Waals surface area contributed by atoms with E-state index in [2.05, 4.69) is 36.6 Å². The number of carboxylic acids is 1. The fourth-order valence-electron chi connectivity index (χ4n) is 4.28. The molecule has 1 N–H and O–H groups in total. The van der Waals surface area contributed by atoms with Crippen LogP contribution in [0.5, 0.6) is 0 Å². The number of aliphatic carboxylic acids is 1. The SMILES string of the molecule is CC(C)c1ccc2c(c1)c(C(=O)C1COC1)c(CC(C)(C)C(=O)O)n2Cc1ccc(Cl)cc1. The third kappa shape index (κ3) is 4.57. The van der Waals surface area contributed by atoms with Gasteiger partial charge < -0.3 is 14.4 Å². The average Bonchev–Trinajstić information content (AvgIpc) is 3.00. The van der Waals surface area contributed by atoms with Gasteiger partial charge in [-0.15, -0.1) is 0 Å². The Bertz CT molecular complexity index is 1200. The molecule has 174 valence electrons. The minimum atomic E-state index is -1.03. The summed E-state index contributed by atoms with van der Waals surface area (Å²) in [6.07, 6.45) is 0.246. The van der Waals surface area contributed by atoms with E-state index in [-0.39, 0.29) is 18.1 Å². The summed E-state index contributed by atoms with van der Waals surface area (Å²) in [5.74, 6) is -0.728. The van der Waals surface area contributed by atoms with Gasteiger partial charge >= 0.3 is 5.97 Å². The summed E-state index contributed by atoms with van der Waals surface area (Å²) in [4.78, 5) is 25.7. The minimum Gasteiger partial charge on any atom is -0.481 e. The van der Waals surface area contributed by atoms with Gasteiger partial charge in [-0.2, -0.15) is 0 Å². The molecular formula is C27H30ClNO4. The van der Waals surface area contributed by atoms with E-state index >= 15 is 0 Å². The molecule has 1 aromatic heterocycles. The van der Waals surface area contributed by atoms with Gasteiger partial charge in [-0.05, 0) is 55.2 Å². The molecule has 33 heavy (non-hydrogen) atoms. The van der Waals surface area contributed by atoms with E-state index < -0.39 is 11.4 Å². The lowest BCUT2D eigenvalue weighted by Gasteiger charge is -2.26. The van der Waals surface area contributed by atoms with Gasteiger partial charge in [0.15, 0.2) is 5.78 Å². The maximum Gasteiger partial charge on any atom is 0.309 e. The number of halogens is 1. The lowest BCUT2D eigenvalue weighted by atomic mass is 9.84. The number of carboxylic acid groups (broad SMARTS) is 1. The van der Waals surface area contributed by atoms with Crippen LogP contribution >= 0.6 is 11.6 Å². The highest BCUT2D eigenvalue weighted by molar-refractivity contribution is 6.30. The first kappa shape index (κ1) is 23.5. The van der Waals surface area contributed by atoms with Crippen LogP contribution in [0.1, 0.15) is 60.8 Å². The molecule has 5 nitrogen and oxygen atoms in total. The summed E-state index contributed by atoms with van der Waals surface area (Å²) in [5.41, 5.74) is 3.50. The van der Waals surface area contributed by atoms with Gasteiger partial charge in [0.25, 0.3) is 0 Å². The van der Waals surface area contributed by atoms with Gasteiger partial charge in [0, 0.05) is 40.1 Å². The maximum absolute atomic E-state index is 13.7. The van der Waals surface area contributed by atoms with E-state index in [9.17, 15) is 14.7 Å². The molecule has 3 aromatic rings. The molecule has 0 saturated carbocycles. The molecule has 1 saturated heterocycles. The number of benzene rings is 2. The van der Waals surface area contributed by atoms with Gasteiger partial charge in [-0.1, -0.05) is 43.6 Å². The quantitative estimate of drug-likeness (QED) is 0.416. The van der Waals surface area contributed by atoms with Gasteiger partial charge in [-0.3, -0.25) is 9.59 Å². The van der Waals surface area contributed by atoms with Crippen molar-refractivity contribution in [1.82, 2.24) is 4.57 Å². The second-order valence-electron chi connectivity index (χ2n) is 9.93. The molecular weight excluding hydrogens is 438 g/mol. The van der Waals surface area contributed by atoms with Gasteiger partial charge in [0.05, 0.1) is 24.5 Å². The van der Waals surface area contributed by atoms with Crippen LogP contribution in [0, 0.1) is 11.3 Å². The standard InChI is InChI=1S/C27H30ClNO4/c1-16(2)18-7-10-22-21(11-18)24(25(30)19-14-33-15-19)23(12-27(3,4)26(31)32)29(22)13-17-5-8-20(28)9-6-17/h5-11,16,19H,12-15H2,1-4H3,(H,31,32). The first-order valence-corrected chi connectivity index (χ1v) is 11.7. The number of hydrogen-bond acceptors (Lipinski definition) is 3. The molecule has 1 fully saturated rings. The number of Topliss-reactive ketones (excluding diaryl/α,β-unsaturated/α-hetero) is 1. The highest BCUT2D eigenvalue weighted by Crippen LogP contribution is 2.36. The van der Waals surface area contributed by atoms with Crippen LogP contribution < -0.4 is 0 Å². The lowest BCUT2D eigenvalue weighted by molar-refractivity contribution is -0.146. The minimum absolute atomic E-state index is 0.0400. The van der Waals surface area contributed by atoms with Crippen molar-refractivity contribution >= 4 is 34.3 Å². The number of carbonyl (C=O) groups is 2. The van der Waals surface area contributed by atoms with E-state index in [0.29, 0.717) is 36.3 Å². The fraction of sp³-hybridized carbons (Fsp3) is 0.407. The fourth-order valence-corrected chi connectivity index (χ4v) is 4.41. The van der Waals surface area contributed by atoms with Crippen molar-refractivity contribution in [2.75, 3.05) is 13.2 Å². The molecule has 0 bridgehead atoms. The van der Waals surface area contributed by atoms with Crippen molar-refractivity contribution in [3.05, 3.63) is 69.9 Å². The average molecular weight is 468 g/mol. The smallest absolute Gasteiger partial charge is 0.309 e. The Hall–Kier alpha value is -2.63. The van der Waals surface area contributed by atoms with Crippen molar-refractivity contribution < 1.29 is 19.4 Å². The van der Waals surface area contributed by atoms with Crippen LogP contribution in [0.2, 0.25) is 5.02 Å². The number of fused-ring (bicyclic) bond motifs is 1. The Morgan fingerprint density at radius 1 is 1.15 bits per heavy atom. The third-order valence-corrected chi connectivity index (χ3v) is 6.81. The van der Waals surface area contributed by atoms with Crippen LogP contribution in [0.4, 0.5) is 0 Å². The summed E-state index contributed by atoms with van der Waals surface area (Å²) >= 11 is 6.08. The van der Waals surface area contributed by atoms with Gasteiger partial charge in [-0.25, -0.2) is 0 Å². The predicted octanol–water partition coefficient (Wildman–Crippen LogP) is 5.95. The monoisotopic (exact) mass is 467 g/mol. The maximum atomic E-state index is 13.7. The van der Waals surface area contributed by atoms with E-state index in [4.69, 9.17) is 16.3 Å². The second-order valence-corrected chi connectivity index (χ2v) is 10.4. The van der Waals surface area contributed by atoms with Crippen molar-refractivity contribution in [2.24, 2.45) is 11.3 Å². The van der Waals surface area contributed by atoms with E-state index in [1.165, 1.54) is 0 Å². The number of carbonyl (C=O) groups excluding carboxylic acids is 1. The van der Waals surface area contributed by atoms with Crippen LogP contribution in [-0.2, 0) is 22.5 Å². The van der Waals surface area contributed by atoms with Crippen LogP contribution in [0.25, 0.3) is 10.9 Å². The number of ether oxygens (including phenoxy) is 1. The van der Waals surface area contributed by atoms with Crippen molar-refractivity contribution in [1.29, 1.82) is 0 Å². The van der Waals surface area contributed by atoms with Gasteiger partial charge in [0.1, 0.15) is 0 Å². The summed E-state index contributed by atoms with van der Waals surface area (Å²) in [6.45, 7) is 9.01. The molecule has 0 radical (unpaired) electrons. The Balaban J connectivity index is 1.97. The van der Waals surface area contributed by atoms with E-state index in [1.807, 2.05) is 24.3 Å². The highest BCUT2D eigenvalue weighted by atomic mass is 35.5. The number of rotatable bonds is 8. The molecule has 0 spiro atoms. The summed E-state index contributed by atoms with van der Waals surface area (Å²) in [7, 11) is 0. The predicted molar refractivity (Wildman–Crippen MR) is 130 cm³/mol. The first-order valence-electron chi connectivity index (χ1n) is 11.3. The zero-order valence-corrected chi connectivity index (χ0v) is 20.3. The van der Waals surface area contributed by atoms with E-state index in [0.717, 1.165) is 27.7 Å². The topological polar surface area (TPSA) is 68.5 Å². The molecule has 0 atom stereocenters. The van der Waals surface area contributed by atoms with Crippen LogP contribution in [0.15, 0.2) is 42.5 Å². The number of aromatic nitrogens is 1. The van der Waals surface area contributed by atoms with Gasteiger partial charge in [0.2, 0.25) is 0 Å². The normalized spacial score (nSPS) is 14.6. The van der Waals surface area contributed by atoms with Crippen molar-refractivity contribution in [3.8, 4) is 0 Å². The summed E-state index contributed by atoms with van der Waals surface area (Å²) in [5, 5.41) is 11.4. The number of ketones is 1. The Labute approximate surface area is 199 Å². The van der Waals surface area contributed by atoms with Crippen LogP contribution in [-0.4, -0.2) is 34.6 Å². The van der Waals surface area contributed by atoms with Crippen molar-refractivity contribution in [2.45, 2.75) is 46.6 Å². The third-order valence-electron chi connectivity index (χ3n) is 6.56. The Morgan fingerprint density at radius 3 is 2.36 bits per heavy atom. The number of nitrogens with zero attached hydrogens (tertiary/aromatic N) is 1. The Kier molecular flexibility index (Phi) is 6.39. The zero-order chi connectivity index (χ0) is 23.9. The molecule has 6 heteroatoms. The molecule has 4 rings (SSSR count). The molecule has 1 aliphatic rings. The lowest BCUT2D eigenvalue weighted by Crippen LogP contribution is -2.36. The summed E-state index contributed by atoms with van der Waals surface area (Å²) in [6, 6.07) is 13.9. The first-order chi connectivity index (χ1) is 15.6. The molecule has 0 amide bonds. The molecule has 1 aliphatic heterocycles. The Morgan fingerprint density at radius 2 is 1.82 bits per heavy atom. The molecule has 2 heterocycles. The summed E-state index contributed by atoms with van der Waals surface area (Å²) < 4.78 is 7.42.